The molecule has 2 heterocycles. The van der Waals surface area contributed by atoms with Gasteiger partial charge in [0.1, 0.15) is 5.69 Å². The monoisotopic (exact) mass is 325 g/mol. The van der Waals surface area contributed by atoms with Crippen LogP contribution in [0.15, 0.2) is 35.8 Å². The van der Waals surface area contributed by atoms with Crippen molar-refractivity contribution >= 4 is 22.9 Å². The van der Waals surface area contributed by atoms with Crippen molar-refractivity contribution in [3.63, 3.8) is 0 Å². The number of aromatic nitrogens is 2. The van der Waals surface area contributed by atoms with E-state index in [1.165, 1.54) is 0 Å². The van der Waals surface area contributed by atoms with Crippen LogP contribution in [-0.4, -0.2) is 15.5 Å². The number of anilines is 1. The summed E-state index contributed by atoms with van der Waals surface area (Å²) in [7, 11) is 1.87. The molecule has 0 spiro atoms. The first-order valence-electron chi connectivity index (χ1n) is 7.41. The Balaban J connectivity index is 1.86. The van der Waals surface area contributed by atoms with Gasteiger partial charge in [0, 0.05) is 29.9 Å². The van der Waals surface area contributed by atoms with Crippen LogP contribution >= 0.6 is 11.3 Å². The molecule has 0 radical (unpaired) electrons. The van der Waals surface area contributed by atoms with Crippen LogP contribution in [-0.2, 0) is 7.05 Å². The van der Waals surface area contributed by atoms with E-state index >= 15 is 0 Å². The number of carbonyl (C=O) groups excluding carboxylic acids is 1. The maximum atomic E-state index is 12.6. The molecule has 1 amide bonds. The Hall–Kier alpha value is -2.40. The number of hydrogen-bond donors (Lipinski definition) is 1. The third-order valence-electron chi connectivity index (χ3n) is 3.63. The van der Waals surface area contributed by atoms with Crippen molar-refractivity contribution in [1.29, 1.82) is 0 Å². The summed E-state index contributed by atoms with van der Waals surface area (Å²) in [6.45, 7) is 6.02. The van der Waals surface area contributed by atoms with Gasteiger partial charge in [-0.05, 0) is 50.1 Å². The van der Waals surface area contributed by atoms with Gasteiger partial charge < -0.3 is 9.88 Å². The largest absolute Gasteiger partial charge is 0.346 e. The lowest BCUT2D eigenvalue weighted by Crippen LogP contribution is -2.15. The normalized spacial score (nSPS) is 10.8. The maximum Gasteiger partial charge on any atom is 0.272 e. The van der Waals surface area contributed by atoms with E-state index in [9.17, 15) is 4.79 Å². The fourth-order valence-corrected chi connectivity index (χ4v) is 3.29. The van der Waals surface area contributed by atoms with Crippen LogP contribution in [0.5, 0.6) is 0 Å². The average molecular weight is 325 g/mol. The lowest BCUT2D eigenvalue weighted by atomic mass is 10.1. The Morgan fingerprint density at radius 3 is 2.43 bits per heavy atom. The molecule has 5 heteroatoms. The predicted octanol–water partition coefficient (Wildman–Crippen LogP) is 4.33. The van der Waals surface area contributed by atoms with Crippen molar-refractivity contribution in [1.82, 2.24) is 9.55 Å². The second-order valence-corrected chi connectivity index (χ2v) is 6.87. The predicted molar refractivity (Wildman–Crippen MR) is 95.1 cm³/mol. The number of nitrogens with zero attached hydrogens (tertiary/aromatic N) is 2. The van der Waals surface area contributed by atoms with Crippen molar-refractivity contribution < 1.29 is 4.79 Å². The zero-order valence-electron chi connectivity index (χ0n) is 13.7. The van der Waals surface area contributed by atoms with Gasteiger partial charge in [-0.2, -0.15) is 0 Å². The smallest absolute Gasteiger partial charge is 0.272 e. The van der Waals surface area contributed by atoms with Gasteiger partial charge in [-0.3, -0.25) is 4.79 Å². The van der Waals surface area contributed by atoms with Gasteiger partial charge >= 0.3 is 0 Å². The molecule has 0 unspecified atom stereocenters. The zero-order chi connectivity index (χ0) is 16.6. The highest BCUT2D eigenvalue weighted by atomic mass is 32.1. The molecule has 4 nitrogen and oxygen atoms in total. The van der Waals surface area contributed by atoms with Gasteiger partial charge in [0.15, 0.2) is 0 Å². The summed E-state index contributed by atoms with van der Waals surface area (Å²) in [5.41, 5.74) is 5.57. The average Bonchev–Trinajstić information content (AvgIpc) is 3.03. The molecular weight excluding hydrogens is 306 g/mol. The lowest BCUT2D eigenvalue weighted by Gasteiger charge is -2.08. The third-order valence-corrected chi connectivity index (χ3v) is 4.41. The Kier molecular flexibility index (Phi) is 4.05. The molecule has 0 fully saturated rings. The Morgan fingerprint density at radius 2 is 1.83 bits per heavy atom. The molecule has 1 N–H and O–H groups in total. The highest BCUT2D eigenvalue weighted by Crippen LogP contribution is 2.24. The number of aryl methyl sites for hydroxylation is 4. The quantitative estimate of drug-likeness (QED) is 0.779. The molecule has 3 rings (SSSR count). The summed E-state index contributed by atoms with van der Waals surface area (Å²) in [4.78, 5) is 17.0. The summed E-state index contributed by atoms with van der Waals surface area (Å²) < 4.78 is 1.84. The van der Waals surface area contributed by atoms with Crippen molar-refractivity contribution in [3.05, 3.63) is 57.7 Å². The Bertz CT molecular complexity index is 856. The first-order chi connectivity index (χ1) is 10.9. The van der Waals surface area contributed by atoms with E-state index in [1.807, 2.05) is 62.2 Å². The van der Waals surface area contributed by atoms with Crippen molar-refractivity contribution in [3.8, 4) is 11.3 Å². The second-order valence-electron chi connectivity index (χ2n) is 5.81. The summed E-state index contributed by atoms with van der Waals surface area (Å²) in [5.74, 6) is -0.115. The minimum atomic E-state index is -0.115. The first kappa shape index (κ1) is 15.5. The summed E-state index contributed by atoms with van der Waals surface area (Å²) in [6, 6.07) is 7.91. The minimum absolute atomic E-state index is 0.115. The molecule has 0 saturated heterocycles. The summed E-state index contributed by atoms with van der Waals surface area (Å²) in [6.07, 6.45) is 1.94. The van der Waals surface area contributed by atoms with Crippen molar-refractivity contribution in [2.75, 3.05) is 5.32 Å². The fraction of sp³-hybridized carbons (Fsp3) is 0.222. The summed E-state index contributed by atoms with van der Waals surface area (Å²) >= 11 is 1.61. The molecule has 0 aliphatic carbocycles. The van der Waals surface area contributed by atoms with Crippen LogP contribution < -0.4 is 5.32 Å². The Labute approximate surface area is 139 Å². The van der Waals surface area contributed by atoms with Crippen LogP contribution in [0.3, 0.4) is 0 Å². The molecule has 2 aromatic heterocycles. The molecule has 0 aliphatic rings. The number of amides is 1. The van der Waals surface area contributed by atoms with Crippen molar-refractivity contribution in [2.45, 2.75) is 20.8 Å². The minimum Gasteiger partial charge on any atom is -0.346 e. The zero-order valence-corrected chi connectivity index (χ0v) is 14.5. The first-order valence-corrected chi connectivity index (χ1v) is 8.29. The van der Waals surface area contributed by atoms with Gasteiger partial charge in [0.2, 0.25) is 0 Å². The van der Waals surface area contributed by atoms with E-state index in [1.54, 1.807) is 11.3 Å². The van der Waals surface area contributed by atoms with Gasteiger partial charge in [-0.15, -0.1) is 11.3 Å². The SMILES string of the molecule is Cc1cc(C)cc(NC(=O)c2cc(-c3csc(C)n3)cn2C)c1. The van der Waals surface area contributed by atoms with E-state index in [-0.39, 0.29) is 5.91 Å². The highest BCUT2D eigenvalue weighted by Gasteiger charge is 2.14. The maximum absolute atomic E-state index is 12.6. The van der Waals surface area contributed by atoms with Gasteiger partial charge in [0.25, 0.3) is 5.91 Å². The number of rotatable bonds is 3. The lowest BCUT2D eigenvalue weighted by molar-refractivity contribution is 0.101. The standard InChI is InChI=1S/C18H19N3OS/c1-11-5-12(2)7-15(6-11)20-18(22)17-8-14(9-21(17)4)16-10-23-13(3)19-16/h5-10H,1-4H3,(H,20,22). The molecule has 0 bridgehead atoms. The number of benzene rings is 1. The molecule has 0 saturated carbocycles. The van der Waals surface area contributed by atoms with Gasteiger partial charge in [-0.1, -0.05) is 6.07 Å². The number of nitrogens with one attached hydrogen (secondary N) is 1. The van der Waals surface area contributed by atoms with Crippen LogP contribution in [0.4, 0.5) is 5.69 Å². The van der Waals surface area contributed by atoms with E-state index in [2.05, 4.69) is 16.4 Å². The van der Waals surface area contributed by atoms with Crippen LogP contribution in [0.1, 0.15) is 26.6 Å². The molecule has 118 valence electrons. The summed E-state index contributed by atoms with van der Waals surface area (Å²) in [5, 5.41) is 6.00. The van der Waals surface area contributed by atoms with Crippen LogP contribution in [0.2, 0.25) is 0 Å². The number of hydrogen-bond acceptors (Lipinski definition) is 3. The van der Waals surface area contributed by atoms with E-state index in [4.69, 9.17) is 0 Å². The molecule has 1 aromatic carbocycles. The molecular formula is C18H19N3OS. The number of thiazole rings is 1. The third kappa shape index (κ3) is 3.35. The molecule has 0 atom stereocenters. The second kappa shape index (κ2) is 6.01. The van der Waals surface area contributed by atoms with E-state index in [0.717, 1.165) is 33.1 Å². The Morgan fingerprint density at radius 1 is 1.13 bits per heavy atom. The van der Waals surface area contributed by atoms with Gasteiger partial charge in [-0.25, -0.2) is 4.98 Å². The molecule has 0 aliphatic heterocycles. The number of carbonyl (C=O) groups is 1. The molecule has 3 aromatic rings. The molecule has 23 heavy (non-hydrogen) atoms. The van der Waals surface area contributed by atoms with Crippen LogP contribution in [0, 0.1) is 20.8 Å². The highest BCUT2D eigenvalue weighted by molar-refractivity contribution is 7.09. The van der Waals surface area contributed by atoms with Gasteiger partial charge in [0.05, 0.1) is 10.7 Å². The van der Waals surface area contributed by atoms with Crippen LogP contribution in [0.25, 0.3) is 11.3 Å². The fourth-order valence-electron chi connectivity index (χ4n) is 2.67. The van der Waals surface area contributed by atoms with Crippen molar-refractivity contribution in [2.24, 2.45) is 7.05 Å². The topological polar surface area (TPSA) is 46.9 Å². The van der Waals surface area contributed by atoms with E-state index in [0.29, 0.717) is 5.69 Å². The van der Waals surface area contributed by atoms with E-state index < -0.39 is 0 Å².